The highest BCUT2D eigenvalue weighted by Gasteiger charge is 2.00. The molecule has 6 nitrogen and oxygen atoms in total. The summed E-state index contributed by atoms with van der Waals surface area (Å²) < 4.78 is 23.9. The number of hydrogen-bond donors (Lipinski definition) is 3. The molecule has 0 saturated carbocycles. The van der Waals surface area contributed by atoms with Gasteiger partial charge in [0.1, 0.15) is 0 Å². The monoisotopic (exact) mass is 246 g/mol. The second kappa shape index (κ2) is 5.97. The molecule has 0 saturated heterocycles. The van der Waals surface area contributed by atoms with Crippen LogP contribution in [0, 0.1) is 6.92 Å². The van der Waals surface area contributed by atoms with Crippen molar-refractivity contribution in [2.24, 2.45) is 0 Å². The molecule has 0 aliphatic rings. The zero-order valence-electron chi connectivity index (χ0n) is 9.58. The summed E-state index contributed by atoms with van der Waals surface area (Å²) in [4.78, 5) is 0. The molecule has 0 bridgehead atoms. The quantitative estimate of drug-likeness (QED) is 0.579. The summed E-state index contributed by atoms with van der Waals surface area (Å²) in [6, 6.07) is 0. The third-order valence-electron chi connectivity index (χ3n) is 2.14. The minimum Gasteiger partial charge on any atom is -0.312 e. The van der Waals surface area contributed by atoms with E-state index in [9.17, 15) is 8.42 Å². The van der Waals surface area contributed by atoms with E-state index < -0.39 is 10.0 Å². The molecule has 1 rings (SSSR count). The van der Waals surface area contributed by atoms with Crippen molar-refractivity contribution in [2.75, 3.05) is 19.3 Å². The van der Waals surface area contributed by atoms with Crippen molar-refractivity contribution in [2.45, 2.75) is 19.9 Å². The van der Waals surface area contributed by atoms with E-state index in [0.29, 0.717) is 6.54 Å². The van der Waals surface area contributed by atoms with Gasteiger partial charge >= 0.3 is 0 Å². The fourth-order valence-corrected chi connectivity index (χ4v) is 1.76. The van der Waals surface area contributed by atoms with Gasteiger partial charge in [-0.2, -0.15) is 5.10 Å². The molecule has 1 aromatic heterocycles. The molecular weight excluding hydrogens is 228 g/mol. The fourth-order valence-electron chi connectivity index (χ4n) is 1.25. The second-order valence-corrected chi connectivity index (χ2v) is 5.55. The zero-order chi connectivity index (χ0) is 12.0. The number of nitrogens with one attached hydrogen (secondary N) is 3. The van der Waals surface area contributed by atoms with Crippen LogP contribution < -0.4 is 10.0 Å². The summed E-state index contributed by atoms with van der Waals surface area (Å²) in [6.07, 6.45) is 3.72. The Balaban J connectivity index is 2.07. The normalized spacial score (nSPS) is 11.9. The van der Waals surface area contributed by atoms with Gasteiger partial charge in [-0.05, 0) is 19.9 Å². The van der Waals surface area contributed by atoms with Gasteiger partial charge in [0.05, 0.1) is 12.5 Å². The Morgan fingerprint density at radius 3 is 2.75 bits per heavy atom. The molecule has 0 radical (unpaired) electrons. The third-order valence-corrected chi connectivity index (χ3v) is 2.87. The lowest BCUT2D eigenvalue weighted by Crippen LogP contribution is -2.26. The lowest BCUT2D eigenvalue weighted by molar-refractivity contribution is 0.579. The standard InChI is InChI=1S/C9H18N4O2S/c1-8-9(7-11-13-8)6-10-4-3-5-12-16(2,14)15/h7,10,12H,3-6H2,1-2H3,(H,11,13). The molecule has 0 aliphatic heterocycles. The van der Waals surface area contributed by atoms with Gasteiger partial charge in [0.25, 0.3) is 0 Å². The maximum atomic E-state index is 10.8. The Bertz CT molecular complexity index is 413. The Morgan fingerprint density at radius 1 is 1.44 bits per heavy atom. The molecule has 0 amide bonds. The summed E-state index contributed by atoms with van der Waals surface area (Å²) >= 11 is 0. The first kappa shape index (κ1) is 13.1. The van der Waals surface area contributed by atoms with Gasteiger partial charge in [-0.3, -0.25) is 5.10 Å². The molecule has 0 aliphatic carbocycles. The SMILES string of the molecule is Cc1[nH]ncc1CNCCCNS(C)(=O)=O. The predicted molar refractivity (Wildman–Crippen MR) is 62.5 cm³/mol. The van der Waals surface area contributed by atoms with Gasteiger partial charge in [-0.1, -0.05) is 0 Å². The maximum absolute atomic E-state index is 10.8. The molecule has 0 atom stereocenters. The van der Waals surface area contributed by atoms with Crippen molar-refractivity contribution in [3.63, 3.8) is 0 Å². The van der Waals surface area contributed by atoms with E-state index in [1.807, 2.05) is 6.92 Å². The molecule has 92 valence electrons. The Hall–Kier alpha value is -0.920. The van der Waals surface area contributed by atoms with Crippen molar-refractivity contribution in [1.29, 1.82) is 0 Å². The highest BCUT2D eigenvalue weighted by atomic mass is 32.2. The summed E-state index contributed by atoms with van der Waals surface area (Å²) in [6.45, 7) is 3.96. The van der Waals surface area contributed by atoms with E-state index in [4.69, 9.17) is 0 Å². The van der Waals surface area contributed by atoms with E-state index in [1.165, 1.54) is 0 Å². The first-order valence-electron chi connectivity index (χ1n) is 5.13. The van der Waals surface area contributed by atoms with Gasteiger partial charge in [0.2, 0.25) is 10.0 Å². The smallest absolute Gasteiger partial charge is 0.208 e. The van der Waals surface area contributed by atoms with Crippen molar-refractivity contribution >= 4 is 10.0 Å². The average molecular weight is 246 g/mol. The molecule has 7 heteroatoms. The van der Waals surface area contributed by atoms with E-state index >= 15 is 0 Å². The Morgan fingerprint density at radius 2 is 2.19 bits per heavy atom. The molecule has 0 unspecified atom stereocenters. The maximum Gasteiger partial charge on any atom is 0.208 e. The third kappa shape index (κ3) is 5.24. The van der Waals surface area contributed by atoms with Gasteiger partial charge in [0, 0.05) is 24.3 Å². The average Bonchev–Trinajstić information content (AvgIpc) is 2.56. The topological polar surface area (TPSA) is 86.9 Å². The first-order valence-corrected chi connectivity index (χ1v) is 7.02. The summed E-state index contributed by atoms with van der Waals surface area (Å²) in [5.74, 6) is 0. The van der Waals surface area contributed by atoms with E-state index in [1.54, 1.807) is 6.20 Å². The van der Waals surface area contributed by atoms with Gasteiger partial charge in [-0.15, -0.1) is 0 Å². The second-order valence-electron chi connectivity index (χ2n) is 3.72. The molecule has 1 heterocycles. The fraction of sp³-hybridized carbons (Fsp3) is 0.667. The van der Waals surface area contributed by atoms with Crippen LogP contribution in [0.25, 0.3) is 0 Å². The summed E-state index contributed by atoms with van der Waals surface area (Å²) in [5, 5.41) is 9.99. The lowest BCUT2D eigenvalue weighted by Gasteiger charge is -2.04. The van der Waals surface area contributed by atoms with Crippen LogP contribution in [0.5, 0.6) is 0 Å². The van der Waals surface area contributed by atoms with Gasteiger partial charge in [-0.25, -0.2) is 13.1 Å². The van der Waals surface area contributed by atoms with Crippen LogP contribution in [0.15, 0.2) is 6.20 Å². The number of nitrogens with zero attached hydrogens (tertiary/aromatic N) is 1. The molecule has 3 N–H and O–H groups in total. The molecule has 1 aromatic rings. The highest BCUT2D eigenvalue weighted by Crippen LogP contribution is 2.00. The molecule has 0 fully saturated rings. The predicted octanol–water partition coefficient (Wildman–Crippen LogP) is -0.253. The molecule has 16 heavy (non-hydrogen) atoms. The van der Waals surface area contributed by atoms with E-state index in [2.05, 4.69) is 20.2 Å². The zero-order valence-corrected chi connectivity index (χ0v) is 10.4. The largest absolute Gasteiger partial charge is 0.312 e. The number of aromatic amines is 1. The number of aromatic nitrogens is 2. The summed E-state index contributed by atoms with van der Waals surface area (Å²) in [5.41, 5.74) is 2.19. The number of H-pyrrole nitrogens is 1. The van der Waals surface area contributed by atoms with Crippen molar-refractivity contribution < 1.29 is 8.42 Å². The number of aryl methyl sites for hydroxylation is 1. The molecule has 0 spiro atoms. The van der Waals surface area contributed by atoms with Crippen LogP contribution in [0.3, 0.4) is 0 Å². The van der Waals surface area contributed by atoms with Gasteiger partial charge < -0.3 is 5.32 Å². The first-order chi connectivity index (χ1) is 7.49. The van der Waals surface area contributed by atoms with Gasteiger partial charge in [0.15, 0.2) is 0 Å². The molecule has 0 aromatic carbocycles. The van der Waals surface area contributed by atoms with Crippen LogP contribution >= 0.6 is 0 Å². The van der Waals surface area contributed by atoms with Crippen molar-refractivity contribution in [3.8, 4) is 0 Å². The number of sulfonamides is 1. The minimum atomic E-state index is -3.05. The molecular formula is C9H18N4O2S. The van der Waals surface area contributed by atoms with Crippen LogP contribution in [-0.4, -0.2) is 38.0 Å². The van der Waals surface area contributed by atoms with E-state index in [0.717, 1.165) is 37.0 Å². The number of hydrogen-bond acceptors (Lipinski definition) is 4. The van der Waals surface area contributed by atoms with Crippen molar-refractivity contribution in [3.05, 3.63) is 17.5 Å². The van der Waals surface area contributed by atoms with Crippen LogP contribution in [0.1, 0.15) is 17.7 Å². The van der Waals surface area contributed by atoms with E-state index in [-0.39, 0.29) is 0 Å². The minimum absolute atomic E-state index is 0.468. The van der Waals surface area contributed by atoms with Crippen LogP contribution in [0.2, 0.25) is 0 Å². The number of rotatable bonds is 7. The Kier molecular flexibility index (Phi) is 4.91. The summed E-state index contributed by atoms with van der Waals surface area (Å²) in [7, 11) is -3.05. The lowest BCUT2D eigenvalue weighted by atomic mass is 10.2. The van der Waals surface area contributed by atoms with Crippen LogP contribution in [-0.2, 0) is 16.6 Å². The van der Waals surface area contributed by atoms with Crippen molar-refractivity contribution in [1.82, 2.24) is 20.2 Å². The highest BCUT2D eigenvalue weighted by molar-refractivity contribution is 7.88. The van der Waals surface area contributed by atoms with Crippen LogP contribution in [0.4, 0.5) is 0 Å². The Labute approximate surface area is 95.9 Å².